The molecular formula is C14H19NO. The lowest BCUT2D eigenvalue weighted by molar-refractivity contribution is -0.112. The fourth-order valence-electron chi connectivity index (χ4n) is 1.50. The Kier molecular flexibility index (Phi) is 4.77. The summed E-state index contributed by atoms with van der Waals surface area (Å²) in [6, 6.07) is 7.92. The molecule has 1 N–H and O–H groups in total. The zero-order valence-corrected chi connectivity index (χ0v) is 10.0. The second-order valence-corrected chi connectivity index (χ2v) is 3.82. The van der Waals surface area contributed by atoms with Crippen molar-refractivity contribution in [3.63, 3.8) is 0 Å². The first-order chi connectivity index (χ1) is 7.69. The molecule has 0 aromatic heterocycles. The van der Waals surface area contributed by atoms with Gasteiger partial charge in [-0.3, -0.25) is 4.79 Å². The molecule has 0 saturated heterocycles. The van der Waals surface area contributed by atoms with Crippen LogP contribution in [-0.2, 0) is 11.2 Å². The van der Waals surface area contributed by atoms with Gasteiger partial charge in [0.25, 0.3) is 5.91 Å². The van der Waals surface area contributed by atoms with Crippen LogP contribution in [-0.4, -0.2) is 5.91 Å². The third-order valence-electron chi connectivity index (χ3n) is 2.53. The highest BCUT2D eigenvalue weighted by Gasteiger charge is 2.07. The number of anilines is 1. The Labute approximate surface area is 97.4 Å². The molecule has 0 unspecified atom stereocenters. The van der Waals surface area contributed by atoms with Gasteiger partial charge in [0.15, 0.2) is 0 Å². The van der Waals surface area contributed by atoms with Gasteiger partial charge < -0.3 is 5.32 Å². The third-order valence-corrected chi connectivity index (χ3v) is 2.53. The minimum atomic E-state index is -0.0777. The molecular weight excluding hydrogens is 198 g/mol. The molecule has 0 atom stereocenters. The van der Waals surface area contributed by atoms with Crippen molar-refractivity contribution in [2.45, 2.75) is 33.1 Å². The van der Waals surface area contributed by atoms with Gasteiger partial charge in [0, 0.05) is 11.3 Å². The van der Waals surface area contributed by atoms with E-state index in [0.29, 0.717) is 12.0 Å². The monoisotopic (exact) mass is 217 g/mol. The molecule has 16 heavy (non-hydrogen) atoms. The van der Waals surface area contributed by atoms with Crippen LogP contribution in [0.25, 0.3) is 0 Å². The van der Waals surface area contributed by atoms with E-state index in [1.807, 2.05) is 31.2 Å². The highest BCUT2D eigenvalue weighted by Crippen LogP contribution is 2.17. The highest BCUT2D eigenvalue weighted by molar-refractivity contribution is 6.03. The smallest absolute Gasteiger partial charge is 0.250 e. The van der Waals surface area contributed by atoms with Crippen molar-refractivity contribution in [3.8, 4) is 0 Å². The van der Waals surface area contributed by atoms with Crippen molar-refractivity contribution in [1.82, 2.24) is 0 Å². The Hall–Kier alpha value is -1.57. The second kappa shape index (κ2) is 6.11. The lowest BCUT2D eigenvalue weighted by Gasteiger charge is -2.10. The predicted octanol–water partition coefficient (Wildman–Crippen LogP) is 3.54. The van der Waals surface area contributed by atoms with E-state index in [0.717, 1.165) is 18.5 Å². The Balaban J connectivity index is 2.80. The summed E-state index contributed by atoms with van der Waals surface area (Å²) in [7, 11) is 0. The minimum absolute atomic E-state index is 0.0777. The van der Waals surface area contributed by atoms with Crippen molar-refractivity contribution >= 4 is 11.6 Å². The summed E-state index contributed by atoms with van der Waals surface area (Å²) in [6.07, 6.45) is 2.73. The molecule has 1 aromatic rings. The molecule has 2 nitrogen and oxygen atoms in total. The minimum Gasteiger partial charge on any atom is -0.322 e. The van der Waals surface area contributed by atoms with Crippen LogP contribution in [0.5, 0.6) is 0 Å². The average Bonchev–Trinajstić information content (AvgIpc) is 2.31. The van der Waals surface area contributed by atoms with Crippen molar-refractivity contribution < 1.29 is 4.79 Å². The molecule has 1 rings (SSSR count). The quantitative estimate of drug-likeness (QED) is 0.751. The van der Waals surface area contributed by atoms with Crippen molar-refractivity contribution in [1.29, 1.82) is 0 Å². The van der Waals surface area contributed by atoms with Gasteiger partial charge in [-0.1, -0.05) is 45.0 Å². The van der Waals surface area contributed by atoms with Crippen LogP contribution in [0.3, 0.4) is 0 Å². The topological polar surface area (TPSA) is 29.1 Å². The van der Waals surface area contributed by atoms with E-state index in [1.54, 1.807) is 0 Å². The van der Waals surface area contributed by atoms with E-state index in [-0.39, 0.29) is 5.91 Å². The first-order valence-corrected chi connectivity index (χ1v) is 5.76. The lowest BCUT2D eigenvalue weighted by atomic mass is 10.1. The van der Waals surface area contributed by atoms with Crippen LogP contribution in [0.15, 0.2) is 36.4 Å². The normalized spacial score (nSPS) is 9.88. The molecule has 1 aromatic carbocycles. The summed E-state index contributed by atoms with van der Waals surface area (Å²) in [4.78, 5) is 11.7. The van der Waals surface area contributed by atoms with E-state index < -0.39 is 0 Å². The van der Waals surface area contributed by atoms with Gasteiger partial charge in [-0.2, -0.15) is 0 Å². The first-order valence-electron chi connectivity index (χ1n) is 5.76. The van der Waals surface area contributed by atoms with E-state index in [2.05, 4.69) is 18.8 Å². The summed E-state index contributed by atoms with van der Waals surface area (Å²) < 4.78 is 0. The van der Waals surface area contributed by atoms with Crippen LogP contribution in [0.2, 0.25) is 0 Å². The summed E-state index contributed by atoms with van der Waals surface area (Å²) in [5, 5.41) is 2.91. The second-order valence-electron chi connectivity index (χ2n) is 3.82. The number of nitrogens with one attached hydrogen (secondary N) is 1. The summed E-state index contributed by atoms with van der Waals surface area (Å²) >= 11 is 0. The molecule has 0 aliphatic carbocycles. The van der Waals surface area contributed by atoms with Gasteiger partial charge in [-0.05, 0) is 24.5 Å². The van der Waals surface area contributed by atoms with E-state index in [1.165, 1.54) is 5.56 Å². The number of carbonyl (C=O) groups is 1. The maximum absolute atomic E-state index is 11.7. The molecule has 0 fully saturated rings. The van der Waals surface area contributed by atoms with Gasteiger partial charge >= 0.3 is 0 Å². The molecule has 0 aliphatic heterocycles. The van der Waals surface area contributed by atoms with E-state index >= 15 is 0 Å². The lowest BCUT2D eigenvalue weighted by Crippen LogP contribution is -2.14. The van der Waals surface area contributed by atoms with Crippen molar-refractivity contribution in [2.24, 2.45) is 0 Å². The maximum Gasteiger partial charge on any atom is 0.250 e. The molecule has 0 spiro atoms. The fourth-order valence-corrected chi connectivity index (χ4v) is 1.50. The molecule has 2 heteroatoms. The standard InChI is InChI=1S/C14H19NO/c1-4-8-12-9-6-7-10-13(12)15-14(16)11(3)5-2/h6-7,9-10H,3-5,8H2,1-2H3,(H,15,16). The van der Waals surface area contributed by atoms with E-state index in [9.17, 15) is 4.79 Å². The highest BCUT2D eigenvalue weighted by atomic mass is 16.1. The number of hydrogen-bond acceptors (Lipinski definition) is 1. The Morgan fingerprint density at radius 2 is 2.00 bits per heavy atom. The summed E-state index contributed by atoms with van der Waals surface area (Å²) in [6.45, 7) is 7.79. The van der Waals surface area contributed by atoms with Gasteiger partial charge in [0.2, 0.25) is 0 Å². The number of hydrogen-bond donors (Lipinski definition) is 1. The number of rotatable bonds is 5. The van der Waals surface area contributed by atoms with Crippen LogP contribution in [0, 0.1) is 0 Å². The molecule has 0 aliphatic rings. The SMILES string of the molecule is C=C(CC)C(=O)Nc1ccccc1CCC. The van der Waals surface area contributed by atoms with Gasteiger partial charge in [0.05, 0.1) is 0 Å². The Morgan fingerprint density at radius 1 is 1.31 bits per heavy atom. The van der Waals surface area contributed by atoms with E-state index in [4.69, 9.17) is 0 Å². The van der Waals surface area contributed by atoms with Crippen molar-refractivity contribution in [2.75, 3.05) is 5.32 Å². The molecule has 0 saturated carbocycles. The largest absolute Gasteiger partial charge is 0.322 e. The maximum atomic E-state index is 11.7. The number of amides is 1. The van der Waals surface area contributed by atoms with Gasteiger partial charge in [-0.25, -0.2) is 0 Å². The third kappa shape index (κ3) is 3.23. The molecule has 1 amide bonds. The number of aryl methyl sites for hydroxylation is 1. The van der Waals surface area contributed by atoms with Crippen LogP contribution < -0.4 is 5.32 Å². The number of para-hydroxylation sites is 1. The zero-order valence-electron chi connectivity index (χ0n) is 10.0. The fraction of sp³-hybridized carbons (Fsp3) is 0.357. The molecule has 0 heterocycles. The zero-order chi connectivity index (χ0) is 12.0. The Morgan fingerprint density at radius 3 is 2.62 bits per heavy atom. The van der Waals surface area contributed by atoms with Gasteiger partial charge in [-0.15, -0.1) is 0 Å². The first kappa shape index (κ1) is 12.5. The van der Waals surface area contributed by atoms with Crippen LogP contribution in [0.1, 0.15) is 32.3 Å². The van der Waals surface area contributed by atoms with Crippen LogP contribution >= 0.6 is 0 Å². The predicted molar refractivity (Wildman–Crippen MR) is 68.5 cm³/mol. The molecule has 86 valence electrons. The molecule has 0 bridgehead atoms. The van der Waals surface area contributed by atoms with Crippen LogP contribution in [0.4, 0.5) is 5.69 Å². The molecule has 0 radical (unpaired) electrons. The average molecular weight is 217 g/mol. The Bertz CT molecular complexity index is 382. The summed E-state index contributed by atoms with van der Waals surface area (Å²) in [5.74, 6) is -0.0777. The number of benzene rings is 1. The number of carbonyl (C=O) groups excluding carboxylic acids is 1. The van der Waals surface area contributed by atoms with Gasteiger partial charge in [0.1, 0.15) is 0 Å². The van der Waals surface area contributed by atoms with Crippen molar-refractivity contribution in [3.05, 3.63) is 42.0 Å². The summed E-state index contributed by atoms with van der Waals surface area (Å²) in [5.41, 5.74) is 2.71.